The fraction of sp³-hybridized carbons (Fsp3) is 0.519. The van der Waals surface area contributed by atoms with Gasteiger partial charge in [0.1, 0.15) is 6.61 Å². The van der Waals surface area contributed by atoms with E-state index in [1.54, 1.807) is 0 Å². The Hall–Kier alpha value is -4.53. The number of likely N-dealkylation sites (N-methyl/N-ethyl adjacent to an activating group) is 1. The van der Waals surface area contributed by atoms with Crippen molar-refractivity contribution in [3.8, 4) is 0 Å². The molecule has 0 spiro atoms. The molecule has 0 saturated heterocycles. The van der Waals surface area contributed by atoms with Crippen LogP contribution in [0.3, 0.4) is 0 Å². The number of aliphatic carboxylic acids is 1. The van der Waals surface area contributed by atoms with Crippen molar-refractivity contribution < 1.29 is 38.2 Å². The number of unbranched alkanes of at least 4 members (excludes halogenated alkanes) is 6. The smallest absolute Gasteiger partial charge is 0.362 e. The van der Waals surface area contributed by atoms with Gasteiger partial charge in [0.2, 0.25) is 0 Å². The Bertz CT molecular complexity index is 1430. The number of ether oxygens (including phenoxy) is 3. The summed E-state index contributed by atoms with van der Waals surface area (Å²) in [6, 6.07) is -0.638. The molecule has 0 aromatic rings. The number of quaternary nitrogens is 1. The molecule has 0 rings (SSSR count). The highest BCUT2D eigenvalue weighted by Gasteiger charge is 2.31. The minimum Gasteiger partial charge on any atom is -0.477 e. The van der Waals surface area contributed by atoms with E-state index >= 15 is 0 Å². The summed E-state index contributed by atoms with van der Waals surface area (Å²) in [7, 11) is 5.48. The van der Waals surface area contributed by atoms with Crippen molar-refractivity contribution in [1.29, 1.82) is 0 Å². The Balaban J connectivity index is 4.53. The molecule has 0 amide bonds. The molecule has 2 unspecified atom stereocenters. The van der Waals surface area contributed by atoms with Gasteiger partial charge in [0, 0.05) is 19.3 Å². The van der Waals surface area contributed by atoms with Gasteiger partial charge in [0.15, 0.2) is 12.1 Å². The van der Waals surface area contributed by atoms with E-state index in [0.29, 0.717) is 19.3 Å². The normalized spacial score (nSPS) is 14.2. The summed E-state index contributed by atoms with van der Waals surface area (Å²) in [5.41, 5.74) is 0. The number of nitrogens with zero attached hydrogens (tertiary/aromatic N) is 1. The SMILES string of the molecule is CC/C=C/C=C/C=C/C=C/C=C/C=C/CCCCCC(=O)OC(COCCC(C(=O)O)[N+](C)(C)C)COC(=O)CCCCC/C=C/C/C=C/C/C=C/C/C=C/C/C=C/CC. The second kappa shape index (κ2) is 41.2. The second-order valence-electron chi connectivity index (χ2n) is 15.3. The van der Waals surface area contributed by atoms with Gasteiger partial charge in [-0.15, -0.1) is 0 Å². The highest BCUT2D eigenvalue weighted by molar-refractivity contribution is 5.72. The fourth-order valence-corrected chi connectivity index (χ4v) is 5.56. The zero-order chi connectivity index (χ0) is 44.2. The predicted molar refractivity (Wildman–Crippen MR) is 251 cm³/mol. The minimum absolute atomic E-state index is 0.0211. The van der Waals surface area contributed by atoms with E-state index in [9.17, 15) is 19.5 Å². The van der Waals surface area contributed by atoms with E-state index in [2.05, 4.69) is 86.8 Å². The van der Waals surface area contributed by atoms with Crippen molar-refractivity contribution in [1.82, 2.24) is 0 Å². The lowest BCUT2D eigenvalue weighted by molar-refractivity contribution is -0.887. The third-order valence-electron chi connectivity index (χ3n) is 8.96. The molecule has 0 bridgehead atoms. The first-order chi connectivity index (χ1) is 29.1. The van der Waals surface area contributed by atoms with Gasteiger partial charge in [-0.2, -0.15) is 0 Å². The molecule has 0 fully saturated rings. The van der Waals surface area contributed by atoms with Gasteiger partial charge in [0.25, 0.3) is 0 Å². The summed E-state index contributed by atoms with van der Waals surface area (Å²) in [5.74, 6) is -1.59. The first-order valence-electron chi connectivity index (χ1n) is 22.3. The number of esters is 2. The van der Waals surface area contributed by atoms with Crippen LogP contribution in [0.2, 0.25) is 0 Å². The maximum atomic E-state index is 12.7. The molecule has 0 aliphatic carbocycles. The Labute approximate surface area is 364 Å². The predicted octanol–water partition coefficient (Wildman–Crippen LogP) is 12.4. The van der Waals surface area contributed by atoms with Crippen LogP contribution in [0.15, 0.2) is 134 Å². The zero-order valence-electron chi connectivity index (χ0n) is 37.8. The third kappa shape index (κ3) is 39.0. The summed E-state index contributed by atoms with van der Waals surface area (Å²) >= 11 is 0. The van der Waals surface area contributed by atoms with Gasteiger partial charge in [-0.25, -0.2) is 4.79 Å². The van der Waals surface area contributed by atoms with Gasteiger partial charge < -0.3 is 23.8 Å². The molecular weight excluding hydrogens is 751 g/mol. The van der Waals surface area contributed by atoms with Crippen LogP contribution in [-0.2, 0) is 28.6 Å². The standard InChI is InChI=1S/C52H79NO7/c1-6-8-10-12-14-16-18-20-22-24-25-27-28-30-32-34-36-38-40-42-50(54)59-47-48(46-58-45-44-49(52(56)57)53(3,4)5)60-51(55)43-41-39-37-35-33-31-29-26-23-21-19-17-15-13-11-9-7-2/h8-11,13-17,19-23,25-27,29-33,48-49H,6-7,12,18,24,28,34-47H2,1-5H3/p+1/b10-8+,11-9+,15-13+,16-14+,19-17+,22-20+,23-21+,27-25+,29-26+,32-30+,33-31+. The number of allylic oxidation sites excluding steroid dienone is 22. The first-order valence-corrected chi connectivity index (χ1v) is 22.3. The van der Waals surface area contributed by atoms with Gasteiger partial charge in [-0.05, 0) is 77.0 Å². The van der Waals surface area contributed by atoms with Crippen LogP contribution < -0.4 is 0 Å². The molecule has 0 heterocycles. The van der Waals surface area contributed by atoms with E-state index in [1.165, 1.54) is 0 Å². The van der Waals surface area contributed by atoms with Gasteiger partial charge in [0.05, 0.1) is 34.4 Å². The Morgan fingerprint density at radius 3 is 1.47 bits per heavy atom. The van der Waals surface area contributed by atoms with Crippen molar-refractivity contribution in [3.63, 3.8) is 0 Å². The van der Waals surface area contributed by atoms with Crippen LogP contribution >= 0.6 is 0 Å². The van der Waals surface area contributed by atoms with Crippen LogP contribution in [0.4, 0.5) is 0 Å². The lowest BCUT2D eigenvalue weighted by atomic mass is 10.1. The molecule has 60 heavy (non-hydrogen) atoms. The van der Waals surface area contributed by atoms with Gasteiger partial charge in [-0.1, -0.05) is 160 Å². The number of carboxylic acids is 1. The maximum Gasteiger partial charge on any atom is 0.362 e. The largest absolute Gasteiger partial charge is 0.477 e. The number of carboxylic acid groups (broad SMARTS) is 1. The summed E-state index contributed by atoms with van der Waals surface area (Å²) in [4.78, 5) is 37.0. The summed E-state index contributed by atoms with van der Waals surface area (Å²) in [5, 5.41) is 9.63. The minimum atomic E-state index is -0.895. The van der Waals surface area contributed by atoms with Crippen molar-refractivity contribution in [2.45, 2.75) is 135 Å². The molecule has 0 saturated carbocycles. The summed E-state index contributed by atoms with van der Waals surface area (Å²) in [6.45, 7) is 4.35. The van der Waals surface area contributed by atoms with Crippen LogP contribution in [0.25, 0.3) is 0 Å². The average molecular weight is 831 g/mol. The molecule has 0 aromatic carbocycles. The second-order valence-corrected chi connectivity index (χ2v) is 15.3. The quantitative estimate of drug-likeness (QED) is 0.0219. The van der Waals surface area contributed by atoms with E-state index in [0.717, 1.165) is 83.5 Å². The topological polar surface area (TPSA) is 99.1 Å². The van der Waals surface area contributed by atoms with Gasteiger partial charge >= 0.3 is 17.9 Å². The Morgan fingerprint density at radius 1 is 0.517 bits per heavy atom. The van der Waals surface area contributed by atoms with Crippen molar-refractivity contribution in [3.05, 3.63) is 134 Å². The lowest BCUT2D eigenvalue weighted by Crippen LogP contribution is -2.50. The van der Waals surface area contributed by atoms with E-state index < -0.39 is 18.1 Å². The zero-order valence-corrected chi connectivity index (χ0v) is 37.8. The van der Waals surface area contributed by atoms with Gasteiger partial charge in [-0.3, -0.25) is 9.59 Å². The molecule has 0 aromatic heterocycles. The molecule has 8 nitrogen and oxygen atoms in total. The number of carbonyl (C=O) groups is 3. The van der Waals surface area contributed by atoms with Crippen LogP contribution in [0.5, 0.6) is 0 Å². The number of hydrogen-bond acceptors (Lipinski definition) is 6. The number of hydrogen-bond donors (Lipinski definition) is 1. The summed E-state index contributed by atoms with van der Waals surface area (Å²) in [6.07, 6.45) is 59.2. The Morgan fingerprint density at radius 2 is 0.967 bits per heavy atom. The highest BCUT2D eigenvalue weighted by Crippen LogP contribution is 2.11. The molecule has 0 aliphatic heterocycles. The first kappa shape index (κ1) is 55.5. The molecule has 0 aliphatic rings. The Kier molecular flexibility index (Phi) is 38.1. The van der Waals surface area contributed by atoms with Crippen molar-refractivity contribution in [2.24, 2.45) is 0 Å². The molecule has 8 heteroatoms. The van der Waals surface area contributed by atoms with Crippen LogP contribution in [0.1, 0.15) is 123 Å². The van der Waals surface area contributed by atoms with E-state index in [1.807, 2.05) is 81.9 Å². The highest BCUT2D eigenvalue weighted by atomic mass is 16.6. The molecule has 2 atom stereocenters. The molecule has 1 N–H and O–H groups in total. The van der Waals surface area contributed by atoms with Crippen LogP contribution in [-0.4, -0.2) is 80.6 Å². The molecular formula is C52H80NO7+. The molecule has 334 valence electrons. The number of carbonyl (C=O) groups excluding carboxylic acids is 2. The lowest BCUT2D eigenvalue weighted by Gasteiger charge is -2.31. The van der Waals surface area contributed by atoms with Crippen LogP contribution in [0, 0.1) is 0 Å². The summed E-state index contributed by atoms with van der Waals surface area (Å²) < 4.78 is 17.2. The van der Waals surface area contributed by atoms with Crippen molar-refractivity contribution in [2.75, 3.05) is 41.0 Å². The van der Waals surface area contributed by atoms with E-state index in [4.69, 9.17) is 14.2 Å². The maximum absolute atomic E-state index is 12.7. The third-order valence-corrected chi connectivity index (χ3v) is 8.96. The fourth-order valence-electron chi connectivity index (χ4n) is 5.56. The average Bonchev–Trinajstić information content (AvgIpc) is 3.21. The monoisotopic (exact) mass is 831 g/mol. The van der Waals surface area contributed by atoms with E-state index in [-0.39, 0.29) is 42.7 Å². The molecule has 0 radical (unpaired) electrons. The van der Waals surface area contributed by atoms with Crippen molar-refractivity contribution >= 4 is 17.9 Å². The number of rotatable bonds is 37.